The Bertz CT molecular complexity index is 1170. The summed E-state index contributed by atoms with van der Waals surface area (Å²) in [5.41, 5.74) is 2.88. The van der Waals surface area contributed by atoms with Gasteiger partial charge in [-0.25, -0.2) is 5.43 Å². The first-order chi connectivity index (χ1) is 17.0. The number of hydrogen-bond donors (Lipinski definition) is 1. The highest BCUT2D eigenvalue weighted by Gasteiger charge is 2.60. The predicted molar refractivity (Wildman–Crippen MR) is 115 cm³/mol. The fourth-order valence-electron chi connectivity index (χ4n) is 3.98. The van der Waals surface area contributed by atoms with Crippen molar-refractivity contribution < 1.29 is 40.6 Å². The van der Waals surface area contributed by atoms with Crippen molar-refractivity contribution >= 4 is 12.1 Å². The number of ether oxygens (including phenoxy) is 2. The minimum absolute atomic E-state index is 0.247. The van der Waals surface area contributed by atoms with Crippen LogP contribution in [0.25, 0.3) is 0 Å². The maximum absolute atomic E-state index is 12.9. The van der Waals surface area contributed by atoms with E-state index in [0.29, 0.717) is 16.8 Å². The number of nitrogens with zero attached hydrogens (tertiary/aromatic N) is 2. The molecule has 12 heteroatoms. The van der Waals surface area contributed by atoms with Crippen LogP contribution in [0.15, 0.2) is 78.0 Å². The first-order valence-corrected chi connectivity index (χ1v) is 10.4. The van der Waals surface area contributed by atoms with Crippen molar-refractivity contribution in [2.45, 2.75) is 24.6 Å². The summed E-state index contributed by atoms with van der Waals surface area (Å²) < 4.78 is 83.0. The van der Waals surface area contributed by atoms with Crippen molar-refractivity contribution in [3.05, 3.63) is 89.7 Å². The van der Waals surface area contributed by atoms with Gasteiger partial charge in [-0.05, 0) is 53.9 Å². The second-order valence-electron chi connectivity index (χ2n) is 7.86. The van der Waals surface area contributed by atoms with E-state index in [1.807, 2.05) is 0 Å². The predicted octanol–water partition coefficient (Wildman–Crippen LogP) is 5.34. The van der Waals surface area contributed by atoms with Gasteiger partial charge in [0.15, 0.2) is 0 Å². The number of hydrogen-bond acceptors (Lipinski definition) is 5. The lowest BCUT2D eigenvalue weighted by atomic mass is 9.85. The van der Waals surface area contributed by atoms with Crippen LogP contribution in [0, 0.1) is 5.92 Å². The number of pyridine rings is 1. The standard InChI is InChI=1S/C24H17F6N3O3/c25-23(26,27)35-18-8-4-15(5-9-18)22(16-6-10-19(11-7-16)36-24(28,29)30)13-20(22)21(34)33-32-14-17-3-1-2-12-31-17/h1-12,14,20H,13H2,(H,33,34)/b32-14+. The van der Waals surface area contributed by atoms with E-state index in [9.17, 15) is 31.1 Å². The van der Waals surface area contributed by atoms with Crippen molar-refractivity contribution in [2.24, 2.45) is 11.0 Å². The molecule has 0 radical (unpaired) electrons. The summed E-state index contributed by atoms with van der Waals surface area (Å²) in [5.74, 6) is -2.07. The van der Waals surface area contributed by atoms with Crippen LogP contribution in [-0.2, 0) is 10.2 Å². The van der Waals surface area contributed by atoms with E-state index >= 15 is 0 Å². The Morgan fingerprint density at radius 1 is 0.889 bits per heavy atom. The first kappa shape index (κ1) is 25.0. The van der Waals surface area contributed by atoms with E-state index < -0.39 is 41.5 Å². The van der Waals surface area contributed by atoms with Crippen LogP contribution in [0.5, 0.6) is 11.5 Å². The summed E-state index contributed by atoms with van der Waals surface area (Å²) in [6.45, 7) is 0. The molecule has 188 valence electrons. The lowest BCUT2D eigenvalue weighted by Gasteiger charge is -2.20. The highest BCUT2D eigenvalue weighted by Crippen LogP contribution is 2.59. The molecule has 1 saturated carbocycles. The van der Waals surface area contributed by atoms with Gasteiger partial charge in [-0.1, -0.05) is 30.3 Å². The van der Waals surface area contributed by atoms with E-state index in [1.54, 1.807) is 24.4 Å². The summed E-state index contributed by atoms with van der Waals surface area (Å²) in [6.07, 6.45) is -6.61. The van der Waals surface area contributed by atoms with Gasteiger partial charge in [0.2, 0.25) is 5.91 Å². The molecule has 6 nitrogen and oxygen atoms in total. The van der Waals surface area contributed by atoms with E-state index in [2.05, 4.69) is 25.0 Å². The summed E-state index contributed by atoms with van der Waals surface area (Å²) in [4.78, 5) is 16.9. The Balaban J connectivity index is 1.59. The number of hydrazone groups is 1. The quantitative estimate of drug-likeness (QED) is 0.265. The van der Waals surface area contributed by atoms with Crippen LogP contribution in [0.3, 0.4) is 0 Å². The monoisotopic (exact) mass is 509 g/mol. The lowest BCUT2D eigenvalue weighted by Crippen LogP contribution is -2.25. The molecule has 4 rings (SSSR count). The van der Waals surface area contributed by atoms with Crippen LogP contribution < -0.4 is 14.9 Å². The third kappa shape index (κ3) is 5.93. The van der Waals surface area contributed by atoms with E-state index in [1.165, 1.54) is 30.5 Å². The molecule has 1 aromatic heterocycles. The summed E-state index contributed by atoms with van der Waals surface area (Å²) in [5, 5.41) is 3.89. The third-order valence-corrected chi connectivity index (χ3v) is 5.54. The Hall–Kier alpha value is -4.09. The van der Waals surface area contributed by atoms with Crippen molar-refractivity contribution in [2.75, 3.05) is 0 Å². The molecular weight excluding hydrogens is 492 g/mol. The fraction of sp³-hybridized carbons (Fsp3) is 0.208. The van der Waals surface area contributed by atoms with Crippen molar-refractivity contribution in [1.82, 2.24) is 10.4 Å². The maximum atomic E-state index is 12.9. The topological polar surface area (TPSA) is 72.8 Å². The van der Waals surface area contributed by atoms with Crippen LogP contribution in [0.4, 0.5) is 26.3 Å². The van der Waals surface area contributed by atoms with Gasteiger partial charge in [0, 0.05) is 11.6 Å². The van der Waals surface area contributed by atoms with Gasteiger partial charge in [0.1, 0.15) is 11.5 Å². The average molecular weight is 509 g/mol. The SMILES string of the molecule is O=C(N/N=C/c1ccccn1)C1CC1(c1ccc(OC(F)(F)F)cc1)c1ccc(OC(F)(F)F)cc1. The van der Waals surface area contributed by atoms with E-state index in [0.717, 1.165) is 24.3 Å². The molecule has 1 aliphatic rings. The zero-order chi connectivity index (χ0) is 26.0. The van der Waals surface area contributed by atoms with Crippen LogP contribution >= 0.6 is 0 Å². The molecule has 1 amide bonds. The first-order valence-electron chi connectivity index (χ1n) is 10.4. The molecule has 3 aromatic rings. The third-order valence-electron chi connectivity index (χ3n) is 5.54. The number of rotatable bonds is 7. The maximum Gasteiger partial charge on any atom is 0.573 e. The number of carbonyl (C=O) groups is 1. The van der Waals surface area contributed by atoms with Gasteiger partial charge in [-0.3, -0.25) is 9.78 Å². The summed E-state index contributed by atoms with van der Waals surface area (Å²) in [6, 6.07) is 15.1. The molecule has 0 bridgehead atoms. The van der Waals surface area contributed by atoms with Crippen LogP contribution in [-0.4, -0.2) is 29.8 Å². The molecule has 1 aliphatic carbocycles. The van der Waals surface area contributed by atoms with Gasteiger partial charge in [0.25, 0.3) is 0 Å². The van der Waals surface area contributed by atoms with Crippen molar-refractivity contribution in [1.29, 1.82) is 0 Å². The molecule has 1 fully saturated rings. The second kappa shape index (κ2) is 9.51. The smallest absolute Gasteiger partial charge is 0.406 e. The van der Waals surface area contributed by atoms with E-state index in [4.69, 9.17) is 0 Å². The second-order valence-corrected chi connectivity index (χ2v) is 7.86. The minimum Gasteiger partial charge on any atom is -0.406 e. The molecule has 1 N–H and O–H groups in total. The number of nitrogens with one attached hydrogen (secondary N) is 1. The zero-order valence-corrected chi connectivity index (χ0v) is 18.2. The normalized spacial score (nSPS) is 17.0. The van der Waals surface area contributed by atoms with Crippen molar-refractivity contribution in [3.8, 4) is 11.5 Å². The fourth-order valence-corrected chi connectivity index (χ4v) is 3.98. The number of aromatic nitrogens is 1. The number of amides is 1. The molecule has 0 saturated heterocycles. The number of alkyl halides is 6. The van der Waals surface area contributed by atoms with Crippen LogP contribution in [0.1, 0.15) is 23.2 Å². The molecule has 1 atom stereocenters. The van der Waals surface area contributed by atoms with Gasteiger partial charge in [0.05, 0.1) is 17.8 Å². The molecule has 0 aliphatic heterocycles. The Kier molecular flexibility index (Phi) is 6.61. The summed E-state index contributed by atoms with van der Waals surface area (Å²) >= 11 is 0. The van der Waals surface area contributed by atoms with Gasteiger partial charge in [-0.2, -0.15) is 5.10 Å². The largest absolute Gasteiger partial charge is 0.573 e. The minimum atomic E-state index is -4.87. The molecule has 1 heterocycles. The lowest BCUT2D eigenvalue weighted by molar-refractivity contribution is -0.275. The highest BCUT2D eigenvalue weighted by atomic mass is 19.4. The van der Waals surface area contributed by atoms with E-state index in [-0.39, 0.29) is 6.42 Å². The van der Waals surface area contributed by atoms with Crippen molar-refractivity contribution in [3.63, 3.8) is 0 Å². The van der Waals surface area contributed by atoms with Crippen LogP contribution in [0.2, 0.25) is 0 Å². The highest BCUT2D eigenvalue weighted by molar-refractivity contribution is 5.87. The molecule has 36 heavy (non-hydrogen) atoms. The molecule has 2 aromatic carbocycles. The van der Waals surface area contributed by atoms with Gasteiger partial charge < -0.3 is 9.47 Å². The number of halogens is 6. The molecule has 0 spiro atoms. The molecule has 1 unspecified atom stereocenters. The average Bonchev–Trinajstić information content (AvgIpc) is 3.56. The summed E-state index contributed by atoms with van der Waals surface area (Å²) in [7, 11) is 0. The Morgan fingerprint density at radius 2 is 1.42 bits per heavy atom. The number of benzene rings is 2. The number of carbonyl (C=O) groups excluding carboxylic acids is 1. The van der Waals surface area contributed by atoms with Gasteiger partial charge >= 0.3 is 12.7 Å². The Morgan fingerprint density at radius 3 is 1.86 bits per heavy atom. The molecular formula is C24H17F6N3O3. The van der Waals surface area contributed by atoms with Gasteiger partial charge in [-0.15, -0.1) is 26.3 Å². The zero-order valence-electron chi connectivity index (χ0n) is 18.2. The Labute approximate surface area is 200 Å².